The zero-order valence-electron chi connectivity index (χ0n) is 15.7. The number of anilines is 1. The molecule has 0 aliphatic carbocycles. The molecule has 0 N–H and O–H groups in total. The molecular weight excluding hydrogens is 328 g/mol. The van der Waals surface area contributed by atoms with E-state index in [0.717, 1.165) is 49.0 Å². The van der Waals surface area contributed by atoms with Crippen molar-refractivity contribution in [1.82, 2.24) is 14.9 Å². The van der Waals surface area contributed by atoms with E-state index in [1.165, 1.54) is 5.69 Å². The minimum atomic E-state index is 0.258. The maximum Gasteiger partial charge on any atom is 0.257 e. The molecule has 138 valence electrons. The van der Waals surface area contributed by atoms with Crippen molar-refractivity contribution < 1.29 is 9.47 Å². The number of aromatic nitrogens is 2. The summed E-state index contributed by atoms with van der Waals surface area (Å²) in [7, 11) is 0. The van der Waals surface area contributed by atoms with Crippen molar-refractivity contribution in [2.75, 3.05) is 44.3 Å². The van der Waals surface area contributed by atoms with Gasteiger partial charge < -0.3 is 14.4 Å². The van der Waals surface area contributed by atoms with Crippen molar-refractivity contribution in [2.24, 2.45) is 0 Å². The van der Waals surface area contributed by atoms with Gasteiger partial charge in [-0.2, -0.15) is 0 Å². The second kappa shape index (κ2) is 7.11. The topological polar surface area (TPSA) is 50.7 Å². The Morgan fingerprint density at radius 3 is 2.35 bits per heavy atom. The fourth-order valence-electron chi connectivity index (χ4n) is 3.73. The fourth-order valence-corrected chi connectivity index (χ4v) is 3.73. The predicted molar refractivity (Wildman–Crippen MR) is 101 cm³/mol. The molecule has 0 spiro atoms. The molecule has 4 rings (SSSR count). The summed E-state index contributed by atoms with van der Waals surface area (Å²) in [5.74, 6) is 1.38. The van der Waals surface area contributed by atoms with Gasteiger partial charge in [0, 0.05) is 49.3 Å². The van der Waals surface area contributed by atoms with Gasteiger partial charge in [-0.15, -0.1) is 0 Å². The van der Waals surface area contributed by atoms with Crippen molar-refractivity contribution in [1.29, 1.82) is 0 Å². The Bertz CT molecular complexity index is 767. The maximum absolute atomic E-state index is 5.63. The van der Waals surface area contributed by atoms with Crippen molar-refractivity contribution in [3.8, 4) is 11.6 Å². The highest BCUT2D eigenvalue weighted by molar-refractivity contribution is 5.48. The molecule has 2 aliphatic rings. The van der Waals surface area contributed by atoms with E-state index in [-0.39, 0.29) is 6.04 Å². The molecule has 4 heterocycles. The van der Waals surface area contributed by atoms with E-state index in [1.54, 1.807) is 0 Å². The first-order chi connectivity index (χ1) is 12.6. The normalized spacial score (nSPS) is 18.7. The highest BCUT2D eigenvalue weighted by Gasteiger charge is 2.25. The Morgan fingerprint density at radius 1 is 0.923 bits per heavy atom. The minimum absolute atomic E-state index is 0.258. The van der Waals surface area contributed by atoms with E-state index in [2.05, 4.69) is 58.7 Å². The van der Waals surface area contributed by atoms with E-state index in [1.807, 2.05) is 6.07 Å². The van der Waals surface area contributed by atoms with E-state index >= 15 is 0 Å². The highest BCUT2D eigenvalue weighted by atomic mass is 16.6. The number of aryl methyl sites for hydroxylation is 2. The molecule has 26 heavy (non-hydrogen) atoms. The largest absolute Gasteiger partial charge is 0.484 e. The molecule has 1 atom stereocenters. The Hall–Kier alpha value is -2.34. The lowest BCUT2D eigenvalue weighted by atomic mass is 10.1. The van der Waals surface area contributed by atoms with Crippen LogP contribution in [0.1, 0.15) is 30.0 Å². The third-order valence-corrected chi connectivity index (χ3v) is 5.15. The van der Waals surface area contributed by atoms with Crippen molar-refractivity contribution in [3.63, 3.8) is 0 Å². The zero-order chi connectivity index (χ0) is 18.1. The summed E-state index contributed by atoms with van der Waals surface area (Å²) in [5.41, 5.74) is 4.48. The summed E-state index contributed by atoms with van der Waals surface area (Å²) >= 11 is 0. The average molecular weight is 354 g/mol. The Morgan fingerprint density at radius 2 is 1.62 bits per heavy atom. The molecule has 2 aromatic heterocycles. The Kier molecular flexibility index (Phi) is 4.68. The molecule has 6 nitrogen and oxygen atoms in total. The van der Waals surface area contributed by atoms with Crippen molar-refractivity contribution >= 4 is 5.69 Å². The SMILES string of the molecule is Cc1cc(N2CCN(C(C)c3ccc4c(n3)OCCO4)CC2)cc(C)n1. The maximum atomic E-state index is 5.63. The fraction of sp³-hybridized carbons (Fsp3) is 0.500. The van der Waals surface area contributed by atoms with Crippen molar-refractivity contribution in [2.45, 2.75) is 26.8 Å². The Balaban J connectivity index is 1.42. The van der Waals surface area contributed by atoms with Crippen LogP contribution >= 0.6 is 0 Å². The Labute approximate surface area is 154 Å². The van der Waals surface area contributed by atoms with Gasteiger partial charge in [0.1, 0.15) is 13.2 Å². The average Bonchev–Trinajstić information content (AvgIpc) is 2.66. The van der Waals surface area contributed by atoms with Gasteiger partial charge in [-0.3, -0.25) is 9.88 Å². The molecule has 1 saturated heterocycles. The smallest absolute Gasteiger partial charge is 0.257 e. The second-order valence-corrected chi connectivity index (χ2v) is 7.04. The van der Waals surface area contributed by atoms with Gasteiger partial charge in [0.15, 0.2) is 5.75 Å². The number of ether oxygens (including phenoxy) is 2. The number of rotatable bonds is 3. The molecule has 0 saturated carbocycles. The number of piperazine rings is 1. The van der Waals surface area contributed by atoms with Gasteiger partial charge in [-0.1, -0.05) is 0 Å². The number of hydrogen-bond acceptors (Lipinski definition) is 6. The molecule has 2 aliphatic heterocycles. The number of pyridine rings is 2. The number of fused-ring (bicyclic) bond motifs is 1. The van der Waals surface area contributed by atoms with E-state index < -0.39 is 0 Å². The predicted octanol–water partition coefficient (Wildman–Crippen LogP) is 2.75. The van der Waals surface area contributed by atoms with Crippen molar-refractivity contribution in [3.05, 3.63) is 41.3 Å². The third-order valence-electron chi connectivity index (χ3n) is 5.15. The van der Waals surface area contributed by atoms with Gasteiger partial charge in [0.25, 0.3) is 5.88 Å². The van der Waals surface area contributed by atoms with Crippen LogP contribution in [0.2, 0.25) is 0 Å². The monoisotopic (exact) mass is 354 g/mol. The lowest BCUT2D eigenvalue weighted by Crippen LogP contribution is -2.47. The molecule has 0 bridgehead atoms. The van der Waals surface area contributed by atoms with Gasteiger partial charge in [-0.05, 0) is 45.0 Å². The van der Waals surface area contributed by atoms with Crippen LogP contribution < -0.4 is 14.4 Å². The molecule has 0 radical (unpaired) electrons. The zero-order valence-corrected chi connectivity index (χ0v) is 15.7. The summed E-state index contributed by atoms with van der Waals surface area (Å²) < 4.78 is 11.2. The summed E-state index contributed by atoms with van der Waals surface area (Å²) in [6.07, 6.45) is 0. The van der Waals surface area contributed by atoms with E-state index in [0.29, 0.717) is 19.1 Å². The first-order valence-electron chi connectivity index (χ1n) is 9.31. The molecule has 1 unspecified atom stereocenters. The third kappa shape index (κ3) is 3.46. The molecule has 0 amide bonds. The van der Waals surface area contributed by atoms with Gasteiger partial charge in [-0.25, -0.2) is 4.98 Å². The summed E-state index contributed by atoms with van der Waals surface area (Å²) in [6.45, 7) is 11.5. The second-order valence-electron chi connectivity index (χ2n) is 7.04. The number of hydrogen-bond donors (Lipinski definition) is 0. The van der Waals surface area contributed by atoms with Crippen LogP contribution in [0.5, 0.6) is 11.6 Å². The summed E-state index contributed by atoms with van der Waals surface area (Å²) in [6, 6.07) is 8.64. The first-order valence-corrected chi connectivity index (χ1v) is 9.31. The van der Waals surface area contributed by atoms with E-state index in [9.17, 15) is 0 Å². The molecule has 0 aromatic carbocycles. The first kappa shape index (κ1) is 17.1. The lowest BCUT2D eigenvalue weighted by Gasteiger charge is -2.39. The summed E-state index contributed by atoms with van der Waals surface area (Å²) in [5, 5.41) is 0. The molecule has 1 fully saturated rings. The van der Waals surface area contributed by atoms with Crippen LogP contribution in [0.15, 0.2) is 24.3 Å². The van der Waals surface area contributed by atoms with Gasteiger partial charge in [0.05, 0.1) is 5.69 Å². The van der Waals surface area contributed by atoms with Gasteiger partial charge in [0.2, 0.25) is 0 Å². The molecule has 2 aromatic rings. The number of nitrogens with zero attached hydrogens (tertiary/aromatic N) is 4. The van der Waals surface area contributed by atoms with Crippen LogP contribution in [0.3, 0.4) is 0 Å². The lowest BCUT2D eigenvalue weighted by molar-refractivity contribution is 0.159. The quantitative estimate of drug-likeness (QED) is 0.845. The van der Waals surface area contributed by atoms with Crippen LogP contribution in [-0.2, 0) is 0 Å². The van der Waals surface area contributed by atoms with Gasteiger partial charge >= 0.3 is 0 Å². The van der Waals surface area contributed by atoms with Crippen LogP contribution in [0.25, 0.3) is 0 Å². The molecule has 6 heteroatoms. The van der Waals surface area contributed by atoms with Crippen LogP contribution in [-0.4, -0.2) is 54.3 Å². The molecular formula is C20H26N4O2. The standard InChI is InChI=1S/C20H26N4O2/c1-14-12-17(13-15(2)21-14)24-8-6-23(7-9-24)16(3)18-4-5-19-20(22-18)26-11-10-25-19/h4-5,12-13,16H,6-11H2,1-3H3. The van der Waals surface area contributed by atoms with E-state index in [4.69, 9.17) is 9.47 Å². The minimum Gasteiger partial charge on any atom is -0.484 e. The van der Waals surface area contributed by atoms with Crippen LogP contribution in [0.4, 0.5) is 5.69 Å². The summed E-state index contributed by atoms with van der Waals surface area (Å²) in [4.78, 5) is 14.1. The highest BCUT2D eigenvalue weighted by Crippen LogP contribution is 2.31. The van der Waals surface area contributed by atoms with Crippen LogP contribution in [0, 0.1) is 13.8 Å².